The zero-order chi connectivity index (χ0) is 17.0. The zero-order valence-electron chi connectivity index (χ0n) is 13.2. The molecule has 0 bridgehead atoms. The molecule has 0 saturated carbocycles. The van der Waals surface area contributed by atoms with Gasteiger partial charge in [0.05, 0.1) is 19.6 Å². The molecule has 2 rings (SSSR count). The topological polar surface area (TPSA) is 77.4 Å². The van der Waals surface area contributed by atoms with E-state index in [1.807, 2.05) is 17.5 Å². The highest BCUT2D eigenvalue weighted by molar-refractivity contribution is 7.10. The van der Waals surface area contributed by atoms with E-state index in [4.69, 9.17) is 0 Å². The Morgan fingerprint density at radius 3 is 2.65 bits per heavy atom. The Bertz CT molecular complexity index is 719. The van der Waals surface area contributed by atoms with Crippen LogP contribution < -0.4 is 5.32 Å². The van der Waals surface area contributed by atoms with Crippen LogP contribution in [0, 0.1) is 0 Å². The van der Waals surface area contributed by atoms with Gasteiger partial charge < -0.3 is 14.6 Å². The highest BCUT2D eigenvalue weighted by Crippen LogP contribution is 2.23. The summed E-state index contributed by atoms with van der Waals surface area (Å²) in [6.07, 6.45) is 1.66. The van der Waals surface area contributed by atoms with Crippen LogP contribution in [0.15, 0.2) is 29.8 Å². The van der Waals surface area contributed by atoms with Gasteiger partial charge in [-0.2, -0.15) is 0 Å². The molecular weight excluding hydrogens is 316 g/mol. The molecule has 2 aromatic heterocycles. The molecule has 0 aliphatic rings. The number of methoxy groups -OCH3 is 1. The van der Waals surface area contributed by atoms with Gasteiger partial charge in [0.2, 0.25) is 0 Å². The fourth-order valence-corrected chi connectivity index (χ4v) is 2.96. The van der Waals surface area contributed by atoms with E-state index in [0.29, 0.717) is 11.3 Å². The molecule has 0 saturated heterocycles. The van der Waals surface area contributed by atoms with E-state index in [9.17, 15) is 14.4 Å². The number of aromatic nitrogens is 1. The van der Waals surface area contributed by atoms with Crippen LogP contribution in [0.1, 0.15) is 45.1 Å². The van der Waals surface area contributed by atoms with Gasteiger partial charge in [0.25, 0.3) is 5.91 Å². The molecule has 0 radical (unpaired) electrons. The highest BCUT2D eigenvalue weighted by Gasteiger charge is 2.22. The maximum absolute atomic E-state index is 12.5. The van der Waals surface area contributed by atoms with E-state index in [2.05, 4.69) is 10.1 Å². The number of hydrogen-bond acceptors (Lipinski definition) is 5. The smallest absolute Gasteiger partial charge is 0.307 e. The number of amides is 1. The second-order valence-electron chi connectivity index (χ2n) is 5.10. The van der Waals surface area contributed by atoms with Crippen molar-refractivity contribution in [1.82, 2.24) is 9.88 Å². The van der Waals surface area contributed by atoms with Crippen LogP contribution >= 0.6 is 11.3 Å². The summed E-state index contributed by atoms with van der Waals surface area (Å²) in [5.74, 6) is -0.855. The lowest BCUT2D eigenvalue weighted by atomic mass is 10.1. The number of thiophene rings is 1. The number of Topliss-reactive ketones (excluding diaryl/α,β-unsaturated/α-hetero) is 1. The van der Waals surface area contributed by atoms with Gasteiger partial charge >= 0.3 is 5.97 Å². The second kappa shape index (κ2) is 7.23. The van der Waals surface area contributed by atoms with Gasteiger partial charge in [0.15, 0.2) is 5.78 Å². The fraction of sp³-hybridized carbons (Fsp3) is 0.312. The Hall–Kier alpha value is -2.41. The van der Waals surface area contributed by atoms with E-state index in [1.165, 1.54) is 25.4 Å². The van der Waals surface area contributed by atoms with Crippen molar-refractivity contribution in [2.45, 2.75) is 19.4 Å². The fourth-order valence-electron chi connectivity index (χ4n) is 2.18. The van der Waals surface area contributed by atoms with Crippen molar-refractivity contribution in [2.24, 2.45) is 7.05 Å². The molecule has 0 spiro atoms. The van der Waals surface area contributed by atoms with Crippen LogP contribution in [0.2, 0.25) is 0 Å². The summed E-state index contributed by atoms with van der Waals surface area (Å²) in [5.41, 5.74) is 0.833. The SMILES string of the molecule is COC(=O)CC(NC(=O)c1cc(C(C)=O)cn1C)c1cccs1. The van der Waals surface area contributed by atoms with Crippen molar-refractivity contribution in [3.05, 3.63) is 45.9 Å². The maximum atomic E-state index is 12.5. The van der Waals surface area contributed by atoms with E-state index in [1.54, 1.807) is 23.9 Å². The van der Waals surface area contributed by atoms with Crippen molar-refractivity contribution in [3.63, 3.8) is 0 Å². The molecule has 0 aromatic carbocycles. The number of nitrogens with zero attached hydrogens (tertiary/aromatic N) is 1. The summed E-state index contributed by atoms with van der Waals surface area (Å²) in [7, 11) is 3.01. The third-order valence-electron chi connectivity index (χ3n) is 3.43. The Kier molecular flexibility index (Phi) is 5.33. The predicted molar refractivity (Wildman–Crippen MR) is 86.6 cm³/mol. The number of carbonyl (C=O) groups is 3. The van der Waals surface area contributed by atoms with Crippen LogP contribution in [-0.2, 0) is 16.6 Å². The molecule has 1 amide bonds. The van der Waals surface area contributed by atoms with Gasteiger partial charge in [-0.05, 0) is 24.4 Å². The summed E-state index contributed by atoms with van der Waals surface area (Å²) in [6, 6.07) is 4.78. The quantitative estimate of drug-likeness (QED) is 0.650. The molecule has 122 valence electrons. The van der Waals surface area contributed by atoms with Crippen LogP contribution in [0.25, 0.3) is 0 Å². The number of carbonyl (C=O) groups excluding carboxylic acids is 3. The molecule has 1 N–H and O–H groups in total. The van der Waals surface area contributed by atoms with Gasteiger partial charge in [-0.15, -0.1) is 11.3 Å². The van der Waals surface area contributed by atoms with Gasteiger partial charge in [0, 0.05) is 23.7 Å². The summed E-state index contributed by atoms with van der Waals surface area (Å²) in [4.78, 5) is 36.4. The number of hydrogen-bond donors (Lipinski definition) is 1. The van der Waals surface area contributed by atoms with Crippen molar-refractivity contribution in [1.29, 1.82) is 0 Å². The number of rotatable bonds is 6. The maximum Gasteiger partial charge on any atom is 0.307 e. The lowest BCUT2D eigenvalue weighted by molar-refractivity contribution is -0.141. The molecular formula is C16H18N2O4S. The molecule has 2 aromatic rings. The standard InChI is InChI=1S/C16H18N2O4S/c1-10(19)11-7-13(18(2)9-11)16(21)17-12(8-15(20)22-3)14-5-4-6-23-14/h4-7,9,12H,8H2,1-3H3,(H,17,21). The Labute approximate surface area is 138 Å². The monoisotopic (exact) mass is 334 g/mol. The van der Waals surface area contributed by atoms with Crippen molar-refractivity contribution in [2.75, 3.05) is 7.11 Å². The summed E-state index contributed by atoms with van der Waals surface area (Å²) < 4.78 is 6.28. The zero-order valence-corrected chi connectivity index (χ0v) is 14.0. The minimum absolute atomic E-state index is 0.0484. The Morgan fingerprint density at radius 2 is 2.13 bits per heavy atom. The number of ether oxygens (including phenoxy) is 1. The molecule has 7 heteroatoms. The molecule has 6 nitrogen and oxygen atoms in total. The van der Waals surface area contributed by atoms with Crippen LogP contribution in [0.4, 0.5) is 0 Å². The molecule has 23 heavy (non-hydrogen) atoms. The predicted octanol–water partition coefficient (Wildman–Crippen LogP) is 2.32. The number of esters is 1. The van der Waals surface area contributed by atoms with E-state index in [-0.39, 0.29) is 18.1 Å². The average Bonchev–Trinajstić information content (AvgIpc) is 3.15. The van der Waals surface area contributed by atoms with Crippen LogP contribution in [0.3, 0.4) is 0 Å². The Balaban J connectivity index is 2.20. The summed E-state index contributed by atoms with van der Waals surface area (Å²) >= 11 is 1.45. The van der Waals surface area contributed by atoms with Crippen LogP contribution in [0.5, 0.6) is 0 Å². The van der Waals surface area contributed by atoms with Gasteiger partial charge in [-0.25, -0.2) is 0 Å². The number of aryl methyl sites for hydroxylation is 1. The van der Waals surface area contributed by atoms with Gasteiger partial charge in [-0.3, -0.25) is 14.4 Å². The van der Waals surface area contributed by atoms with Crippen molar-refractivity contribution in [3.8, 4) is 0 Å². The minimum atomic E-state index is -0.467. The van der Waals surface area contributed by atoms with Crippen molar-refractivity contribution >= 4 is 29.0 Å². The largest absolute Gasteiger partial charge is 0.469 e. The molecule has 1 unspecified atom stereocenters. The first kappa shape index (κ1) is 17.0. The van der Waals surface area contributed by atoms with Crippen molar-refractivity contribution < 1.29 is 19.1 Å². The third-order valence-corrected chi connectivity index (χ3v) is 4.42. The number of nitrogens with one attached hydrogen (secondary N) is 1. The van der Waals surface area contributed by atoms with E-state index in [0.717, 1.165) is 4.88 Å². The van der Waals surface area contributed by atoms with Gasteiger partial charge in [0.1, 0.15) is 5.69 Å². The first-order valence-corrected chi connectivity index (χ1v) is 7.88. The molecule has 0 aliphatic heterocycles. The first-order valence-electron chi connectivity index (χ1n) is 7.00. The lowest BCUT2D eigenvalue weighted by Crippen LogP contribution is -2.31. The average molecular weight is 334 g/mol. The third kappa shape index (κ3) is 4.07. The molecule has 0 aliphatic carbocycles. The van der Waals surface area contributed by atoms with Crippen LogP contribution in [-0.4, -0.2) is 29.3 Å². The van der Waals surface area contributed by atoms with E-state index >= 15 is 0 Å². The first-order chi connectivity index (χ1) is 10.9. The summed E-state index contributed by atoms with van der Waals surface area (Å²) in [5, 5.41) is 4.71. The lowest BCUT2D eigenvalue weighted by Gasteiger charge is -2.16. The Morgan fingerprint density at radius 1 is 1.39 bits per heavy atom. The summed E-state index contributed by atoms with van der Waals surface area (Å²) in [6.45, 7) is 1.45. The number of ketones is 1. The molecule has 2 heterocycles. The second-order valence-corrected chi connectivity index (χ2v) is 6.08. The molecule has 1 atom stereocenters. The molecule has 0 fully saturated rings. The minimum Gasteiger partial charge on any atom is -0.469 e. The normalized spacial score (nSPS) is 11.8. The van der Waals surface area contributed by atoms with E-state index < -0.39 is 12.0 Å². The highest BCUT2D eigenvalue weighted by atomic mass is 32.1. The van der Waals surface area contributed by atoms with Gasteiger partial charge in [-0.1, -0.05) is 6.07 Å².